The second-order valence-electron chi connectivity index (χ2n) is 3.46. The first kappa shape index (κ1) is 11.2. The van der Waals surface area contributed by atoms with Crippen molar-refractivity contribution >= 4 is 23.1 Å². The van der Waals surface area contributed by atoms with Gasteiger partial charge in [-0.2, -0.15) is 11.8 Å². The number of hydrogen-bond donors (Lipinski definition) is 1. The zero-order chi connectivity index (χ0) is 10.6. The molecule has 0 bridgehead atoms. The molecule has 1 aromatic rings. The lowest BCUT2D eigenvalue weighted by atomic mass is 10.1. The van der Waals surface area contributed by atoms with Crippen LogP contribution >= 0.6 is 11.8 Å². The first-order chi connectivity index (χ1) is 6.65. The van der Waals surface area contributed by atoms with E-state index in [2.05, 4.69) is 31.2 Å². The van der Waals surface area contributed by atoms with Gasteiger partial charge in [0, 0.05) is 30.7 Å². The molecule has 0 saturated heterocycles. The van der Waals surface area contributed by atoms with Crippen molar-refractivity contribution in [3.8, 4) is 0 Å². The van der Waals surface area contributed by atoms with Gasteiger partial charge in [-0.1, -0.05) is 0 Å². The number of rotatable bonds is 4. The van der Waals surface area contributed by atoms with Gasteiger partial charge in [0.15, 0.2) is 0 Å². The summed E-state index contributed by atoms with van der Waals surface area (Å²) in [7, 11) is 2.12. The molecule has 0 saturated carbocycles. The Labute approximate surface area is 90.5 Å². The van der Waals surface area contributed by atoms with Gasteiger partial charge < -0.3 is 10.6 Å². The van der Waals surface area contributed by atoms with E-state index in [4.69, 9.17) is 5.73 Å². The summed E-state index contributed by atoms with van der Waals surface area (Å²) in [5.74, 6) is 1.15. The standard InChI is InChI=1S/C11H18N2S/c1-9-8-10(12)4-5-11(9)13(2)6-7-14-3/h4-5,8H,6-7,12H2,1-3H3. The molecule has 0 atom stereocenters. The average Bonchev–Trinajstić information content (AvgIpc) is 2.14. The molecule has 2 N–H and O–H groups in total. The highest BCUT2D eigenvalue weighted by Crippen LogP contribution is 2.21. The molecule has 0 unspecified atom stereocenters. The Morgan fingerprint density at radius 3 is 2.71 bits per heavy atom. The van der Waals surface area contributed by atoms with Gasteiger partial charge in [0.05, 0.1) is 0 Å². The minimum Gasteiger partial charge on any atom is -0.399 e. The molecule has 3 heteroatoms. The summed E-state index contributed by atoms with van der Waals surface area (Å²) in [6.45, 7) is 3.17. The van der Waals surface area contributed by atoms with Gasteiger partial charge in [0.25, 0.3) is 0 Å². The van der Waals surface area contributed by atoms with Crippen molar-refractivity contribution in [2.24, 2.45) is 0 Å². The Morgan fingerprint density at radius 2 is 2.14 bits per heavy atom. The highest BCUT2D eigenvalue weighted by Gasteiger charge is 2.03. The van der Waals surface area contributed by atoms with E-state index in [1.165, 1.54) is 11.3 Å². The van der Waals surface area contributed by atoms with Crippen molar-refractivity contribution in [3.05, 3.63) is 23.8 Å². The lowest BCUT2D eigenvalue weighted by Crippen LogP contribution is -2.21. The fourth-order valence-corrected chi connectivity index (χ4v) is 1.91. The summed E-state index contributed by atoms with van der Waals surface area (Å²) in [6, 6.07) is 6.06. The van der Waals surface area contributed by atoms with Crippen molar-refractivity contribution in [1.82, 2.24) is 0 Å². The number of nitrogens with zero attached hydrogens (tertiary/aromatic N) is 1. The average molecular weight is 210 g/mol. The zero-order valence-corrected chi connectivity index (χ0v) is 9.90. The van der Waals surface area contributed by atoms with Crippen LogP contribution < -0.4 is 10.6 Å². The number of nitrogens with two attached hydrogens (primary N) is 1. The number of thioether (sulfide) groups is 1. The number of anilines is 2. The molecule has 0 spiro atoms. The maximum atomic E-state index is 5.71. The fraction of sp³-hybridized carbons (Fsp3) is 0.455. The van der Waals surface area contributed by atoms with Crippen LogP contribution in [-0.2, 0) is 0 Å². The molecule has 0 aliphatic heterocycles. The van der Waals surface area contributed by atoms with Crippen molar-refractivity contribution in [2.45, 2.75) is 6.92 Å². The van der Waals surface area contributed by atoms with Gasteiger partial charge in [0.2, 0.25) is 0 Å². The Balaban J connectivity index is 2.74. The van der Waals surface area contributed by atoms with E-state index in [1.54, 1.807) is 0 Å². The van der Waals surface area contributed by atoms with Gasteiger partial charge in [-0.05, 0) is 36.9 Å². The topological polar surface area (TPSA) is 29.3 Å². The summed E-state index contributed by atoms with van der Waals surface area (Å²) >= 11 is 1.87. The molecule has 1 rings (SSSR count). The van der Waals surface area contributed by atoms with Crippen LogP contribution in [-0.4, -0.2) is 25.6 Å². The second kappa shape index (κ2) is 5.15. The van der Waals surface area contributed by atoms with E-state index in [-0.39, 0.29) is 0 Å². The lowest BCUT2D eigenvalue weighted by molar-refractivity contribution is 0.971. The summed E-state index contributed by atoms with van der Waals surface area (Å²) in [5, 5.41) is 0. The summed E-state index contributed by atoms with van der Waals surface area (Å²) < 4.78 is 0. The number of hydrogen-bond acceptors (Lipinski definition) is 3. The Bertz CT molecular complexity index is 299. The maximum absolute atomic E-state index is 5.71. The minimum atomic E-state index is 0.838. The second-order valence-corrected chi connectivity index (χ2v) is 4.45. The molecule has 0 amide bonds. The first-order valence-corrected chi connectivity index (χ1v) is 6.10. The molecule has 2 nitrogen and oxygen atoms in total. The van der Waals surface area contributed by atoms with Gasteiger partial charge >= 0.3 is 0 Å². The van der Waals surface area contributed by atoms with E-state index in [9.17, 15) is 0 Å². The number of benzene rings is 1. The lowest BCUT2D eigenvalue weighted by Gasteiger charge is -2.21. The van der Waals surface area contributed by atoms with Gasteiger partial charge in [-0.15, -0.1) is 0 Å². The molecule has 0 aliphatic rings. The van der Waals surface area contributed by atoms with Crippen LogP contribution in [0.5, 0.6) is 0 Å². The van der Waals surface area contributed by atoms with E-state index < -0.39 is 0 Å². The Morgan fingerprint density at radius 1 is 1.43 bits per heavy atom. The molecule has 0 heterocycles. The monoisotopic (exact) mass is 210 g/mol. The third kappa shape index (κ3) is 2.84. The zero-order valence-electron chi connectivity index (χ0n) is 9.08. The highest BCUT2D eigenvalue weighted by molar-refractivity contribution is 7.98. The fourth-order valence-electron chi connectivity index (χ4n) is 1.46. The maximum Gasteiger partial charge on any atom is 0.0395 e. The molecule has 0 fully saturated rings. The van der Waals surface area contributed by atoms with E-state index >= 15 is 0 Å². The smallest absolute Gasteiger partial charge is 0.0395 e. The first-order valence-electron chi connectivity index (χ1n) is 4.71. The quantitative estimate of drug-likeness (QED) is 0.774. The Kier molecular flexibility index (Phi) is 4.14. The van der Waals surface area contributed by atoms with Crippen LogP contribution in [0.3, 0.4) is 0 Å². The number of aryl methyl sites for hydroxylation is 1. The van der Waals surface area contributed by atoms with Gasteiger partial charge in [-0.3, -0.25) is 0 Å². The van der Waals surface area contributed by atoms with Crippen LogP contribution in [0.4, 0.5) is 11.4 Å². The van der Waals surface area contributed by atoms with E-state index in [0.717, 1.165) is 18.0 Å². The molecule has 0 aromatic heterocycles. The third-order valence-corrected chi connectivity index (χ3v) is 2.85. The molecule has 1 aromatic carbocycles. The Hall–Kier alpha value is -0.830. The van der Waals surface area contributed by atoms with Crippen molar-refractivity contribution in [1.29, 1.82) is 0 Å². The normalized spacial score (nSPS) is 10.2. The van der Waals surface area contributed by atoms with Crippen molar-refractivity contribution in [2.75, 3.05) is 36.2 Å². The summed E-state index contributed by atoms with van der Waals surface area (Å²) in [4.78, 5) is 2.27. The highest BCUT2D eigenvalue weighted by atomic mass is 32.2. The van der Waals surface area contributed by atoms with Gasteiger partial charge in [-0.25, -0.2) is 0 Å². The summed E-state index contributed by atoms with van der Waals surface area (Å²) in [5.41, 5.74) is 9.06. The molecular formula is C11H18N2S. The molecular weight excluding hydrogens is 192 g/mol. The van der Waals surface area contributed by atoms with E-state index in [1.807, 2.05) is 23.9 Å². The van der Waals surface area contributed by atoms with Crippen LogP contribution in [0.25, 0.3) is 0 Å². The molecule has 0 radical (unpaired) electrons. The minimum absolute atomic E-state index is 0.838. The predicted octanol–water partition coefficient (Wildman–Crippen LogP) is 2.38. The predicted molar refractivity (Wildman–Crippen MR) is 67.2 cm³/mol. The van der Waals surface area contributed by atoms with E-state index in [0.29, 0.717) is 0 Å². The SMILES string of the molecule is CSCCN(C)c1ccc(N)cc1C. The van der Waals surface area contributed by atoms with Crippen molar-refractivity contribution < 1.29 is 0 Å². The summed E-state index contributed by atoms with van der Waals surface area (Å²) in [6.07, 6.45) is 2.13. The third-order valence-electron chi connectivity index (χ3n) is 2.26. The molecule has 0 aliphatic carbocycles. The largest absolute Gasteiger partial charge is 0.399 e. The van der Waals surface area contributed by atoms with Crippen LogP contribution in [0, 0.1) is 6.92 Å². The molecule has 14 heavy (non-hydrogen) atoms. The van der Waals surface area contributed by atoms with Crippen LogP contribution in [0.15, 0.2) is 18.2 Å². The van der Waals surface area contributed by atoms with Gasteiger partial charge in [0.1, 0.15) is 0 Å². The van der Waals surface area contributed by atoms with Crippen LogP contribution in [0.1, 0.15) is 5.56 Å². The molecule has 78 valence electrons. The van der Waals surface area contributed by atoms with Crippen LogP contribution in [0.2, 0.25) is 0 Å². The van der Waals surface area contributed by atoms with Crippen molar-refractivity contribution in [3.63, 3.8) is 0 Å². The number of nitrogen functional groups attached to an aromatic ring is 1.